The molecule has 0 bridgehead atoms. The maximum atomic E-state index is 5.89. The van der Waals surface area contributed by atoms with Gasteiger partial charge in [0.05, 0.1) is 5.69 Å². The molecule has 18 heavy (non-hydrogen) atoms. The Labute approximate surface area is 108 Å². The van der Waals surface area contributed by atoms with Crippen molar-refractivity contribution in [1.29, 1.82) is 0 Å². The van der Waals surface area contributed by atoms with Crippen molar-refractivity contribution in [2.24, 2.45) is 7.05 Å². The average Bonchev–Trinajstić information content (AvgIpc) is 2.72. The van der Waals surface area contributed by atoms with Crippen molar-refractivity contribution in [1.82, 2.24) is 9.78 Å². The molecule has 1 aromatic heterocycles. The van der Waals surface area contributed by atoms with E-state index >= 15 is 0 Å². The van der Waals surface area contributed by atoms with E-state index in [1.54, 1.807) is 4.68 Å². The highest BCUT2D eigenvalue weighted by molar-refractivity contribution is 5.38. The number of aryl methyl sites for hydroxylation is 1. The van der Waals surface area contributed by atoms with Gasteiger partial charge in [0.25, 0.3) is 0 Å². The van der Waals surface area contributed by atoms with Crippen LogP contribution in [0.1, 0.15) is 32.0 Å². The van der Waals surface area contributed by atoms with E-state index in [1.807, 2.05) is 37.5 Å². The molecule has 2 aromatic rings. The third-order valence-electron chi connectivity index (χ3n) is 2.84. The Morgan fingerprint density at radius 3 is 2.50 bits per heavy atom. The summed E-state index contributed by atoms with van der Waals surface area (Å²) in [6.07, 6.45) is 1.92. The third kappa shape index (κ3) is 2.92. The number of rotatable bonds is 3. The van der Waals surface area contributed by atoms with Crippen molar-refractivity contribution < 1.29 is 4.74 Å². The molecule has 0 amide bonds. The first-order chi connectivity index (χ1) is 8.47. The smallest absolute Gasteiger partial charge is 0.132 e. The van der Waals surface area contributed by atoms with Gasteiger partial charge in [-0.25, -0.2) is 0 Å². The molecule has 0 saturated heterocycles. The third-order valence-corrected chi connectivity index (χ3v) is 2.84. The molecule has 0 N–H and O–H groups in total. The molecule has 3 nitrogen and oxygen atoms in total. The van der Waals surface area contributed by atoms with E-state index in [-0.39, 0.29) is 5.41 Å². The number of nitrogens with zero attached hydrogens (tertiary/aromatic N) is 2. The largest absolute Gasteiger partial charge is 0.487 e. The molecule has 0 spiro atoms. The first-order valence-corrected chi connectivity index (χ1v) is 6.17. The summed E-state index contributed by atoms with van der Waals surface area (Å²) in [6, 6.07) is 10.2. The minimum absolute atomic E-state index is 0.0840. The van der Waals surface area contributed by atoms with Gasteiger partial charge in [0, 0.05) is 13.2 Å². The molecule has 3 heteroatoms. The van der Waals surface area contributed by atoms with E-state index in [0.717, 1.165) is 11.4 Å². The van der Waals surface area contributed by atoms with Gasteiger partial charge < -0.3 is 4.74 Å². The molecule has 0 saturated carbocycles. The lowest BCUT2D eigenvalue weighted by Crippen LogP contribution is -2.13. The van der Waals surface area contributed by atoms with Crippen LogP contribution in [0.15, 0.2) is 36.5 Å². The van der Waals surface area contributed by atoms with Crippen molar-refractivity contribution in [2.45, 2.75) is 32.8 Å². The minimum atomic E-state index is 0.0840. The van der Waals surface area contributed by atoms with Crippen LogP contribution < -0.4 is 4.74 Å². The summed E-state index contributed by atoms with van der Waals surface area (Å²) in [4.78, 5) is 0. The highest BCUT2D eigenvalue weighted by atomic mass is 16.5. The highest BCUT2D eigenvalue weighted by Gasteiger charge is 2.18. The van der Waals surface area contributed by atoms with E-state index in [1.165, 1.54) is 5.56 Å². The number of para-hydroxylation sites is 1. The Bertz CT molecular complexity index is 523. The summed E-state index contributed by atoms with van der Waals surface area (Å²) in [6.45, 7) is 7.08. The number of benzene rings is 1. The van der Waals surface area contributed by atoms with Crippen molar-refractivity contribution >= 4 is 0 Å². The van der Waals surface area contributed by atoms with E-state index in [2.05, 4.69) is 31.9 Å². The Balaban J connectivity index is 2.14. The van der Waals surface area contributed by atoms with Gasteiger partial charge in [-0.05, 0) is 23.1 Å². The van der Waals surface area contributed by atoms with Gasteiger partial charge in [-0.2, -0.15) is 5.10 Å². The van der Waals surface area contributed by atoms with Gasteiger partial charge in [-0.15, -0.1) is 0 Å². The lowest BCUT2D eigenvalue weighted by Gasteiger charge is -2.22. The van der Waals surface area contributed by atoms with E-state index in [0.29, 0.717) is 6.61 Å². The predicted molar refractivity (Wildman–Crippen MR) is 72.7 cm³/mol. The van der Waals surface area contributed by atoms with Crippen molar-refractivity contribution in [3.05, 3.63) is 47.8 Å². The van der Waals surface area contributed by atoms with Gasteiger partial charge >= 0.3 is 0 Å². The standard InChI is InChI=1S/C15H20N2O/c1-15(2,3)13-7-5-6-8-14(13)18-11-12-9-10-17(4)16-12/h5-10H,11H2,1-4H3. The fourth-order valence-electron chi connectivity index (χ4n) is 1.90. The highest BCUT2D eigenvalue weighted by Crippen LogP contribution is 2.31. The number of ether oxygens (including phenoxy) is 1. The van der Waals surface area contributed by atoms with E-state index in [9.17, 15) is 0 Å². The molecule has 1 heterocycles. The predicted octanol–water partition coefficient (Wildman–Crippen LogP) is 3.30. The van der Waals surface area contributed by atoms with Gasteiger partial charge in [0.1, 0.15) is 12.4 Å². The molecular formula is C15H20N2O. The molecule has 0 atom stereocenters. The SMILES string of the molecule is Cn1ccc(COc2ccccc2C(C)(C)C)n1. The van der Waals surface area contributed by atoms with Crippen LogP contribution in [0.5, 0.6) is 5.75 Å². The molecule has 0 aliphatic rings. The minimum Gasteiger partial charge on any atom is -0.487 e. The van der Waals surface area contributed by atoms with Crippen LogP contribution >= 0.6 is 0 Å². The quantitative estimate of drug-likeness (QED) is 0.828. The van der Waals surface area contributed by atoms with Crippen LogP contribution in [0, 0.1) is 0 Å². The fraction of sp³-hybridized carbons (Fsp3) is 0.400. The van der Waals surface area contributed by atoms with Crippen molar-refractivity contribution in [3.63, 3.8) is 0 Å². The van der Waals surface area contributed by atoms with Crippen LogP contribution in [-0.4, -0.2) is 9.78 Å². The van der Waals surface area contributed by atoms with Gasteiger partial charge in [0.15, 0.2) is 0 Å². The summed E-state index contributed by atoms with van der Waals surface area (Å²) in [5, 5.41) is 4.31. The van der Waals surface area contributed by atoms with Crippen molar-refractivity contribution in [2.75, 3.05) is 0 Å². The second-order valence-electron chi connectivity index (χ2n) is 5.52. The molecular weight excluding hydrogens is 224 g/mol. The van der Waals surface area contributed by atoms with Crippen LogP contribution in [0.3, 0.4) is 0 Å². The van der Waals surface area contributed by atoms with E-state index in [4.69, 9.17) is 4.74 Å². The normalized spacial score (nSPS) is 11.6. The molecule has 96 valence electrons. The average molecular weight is 244 g/mol. The molecule has 1 aromatic carbocycles. The first-order valence-electron chi connectivity index (χ1n) is 6.17. The van der Waals surface area contributed by atoms with Crippen LogP contribution in [-0.2, 0) is 19.1 Å². The zero-order valence-electron chi connectivity index (χ0n) is 11.5. The lowest BCUT2D eigenvalue weighted by atomic mass is 9.86. The monoisotopic (exact) mass is 244 g/mol. The number of hydrogen-bond donors (Lipinski definition) is 0. The topological polar surface area (TPSA) is 27.1 Å². The Hall–Kier alpha value is -1.77. The fourth-order valence-corrected chi connectivity index (χ4v) is 1.90. The maximum absolute atomic E-state index is 5.89. The lowest BCUT2D eigenvalue weighted by molar-refractivity contribution is 0.292. The Morgan fingerprint density at radius 2 is 1.89 bits per heavy atom. The summed E-state index contributed by atoms with van der Waals surface area (Å²) >= 11 is 0. The van der Waals surface area contributed by atoms with Crippen LogP contribution in [0.4, 0.5) is 0 Å². The summed E-state index contributed by atoms with van der Waals surface area (Å²) in [5.74, 6) is 0.940. The second-order valence-corrected chi connectivity index (χ2v) is 5.52. The second kappa shape index (κ2) is 4.84. The van der Waals surface area contributed by atoms with E-state index < -0.39 is 0 Å². The summed E-state index contributed by atoms with van der Waals surface area (Å²) in [5.41, 5.74) is 2.25. The Kier molecular flexibility index (Phi) is 3.41. The zero-order valence-corrected chi connectivity index (χ0v) is 11.5. The van der Waals surface area contributed by atoms with Gasteiger partial charge in [0.2, 0.25) is 0 Å². The van der Waals surface area contributed by atoms with Gasteiger partial charge in [-0.1, -0.05) is 39.0 Å². The Morgan fingerprint density at radius 1 is 1.17 bits per heavy atom. The molecule has 0 aliphatic carbocycles. The number of hydrogen-bond acceptors (Lipinski definition) is 2. The maximum Gasteiger partial charge on any atom is 0.132 e. The van der Waals surface area contributed by atoms with Crippen LogP contribution in [0.2, 0.25) is 0 Å². The molecule has 0 aliphatic heterocycles. The van der Waals surface area contributed by atoms with Crippen molar-refractivity contribution in [3.8, 4) is 5.75 Å². The summed E-state index contributed by atoms with van der Waals surface area (Å²) < 4.78 is 7.67. The first kappa shape index (κ1) is 12.7. The van der Waals surface area contributed by atoms with Gasteiger partial charge in [-0.3, -0.25) is 4.68 Å². The molecule has 0 unspecified atom stereocenters. The molecule has 0 radical (unpaired) electrons. The molecule has 2 rings (SSSR count). The summed E-state index contributed by atoms with van der Waals surface area (Å²) in [7, 11) is 1.91. The zero-order chi connectivity index (χ0) is 13.2. The molecule has 0 fully saturated rings. The number of aromatic nitrogens is 2. The van der Waals surface area contributed by atoms with Crippen LogP contribution in [0.25, 0.3) is 0 Å².